The van der Waals surface area contributed by atoms with Gasteiger partial charge in [-0.25, -0.2) is 4.98 Å². The van der Waals surface area contributed by atoms with E-state index >= 15 is 0 Å². The second-order valence-corrected chi connectivity index (χ2v) is 4.54. The third kappa shape index (κ3) is 2.45. The van der Waals surface area contributed by atoms with Crippen molar-refractivity contribution < 1.29 is 0 Å². The van der Waals surface area contributed by atoms with Crippen LogP contribution < -0.4 is 5.32 Å². The first kappa shape index (κ1) is 12.2. The van der Waals surface area contributed by atoms with Crippen LogP contribution in [0, 0.1) is 11.3 Å². The Kier molecular flexibility index (Phi) is 3.30. The minimum Gasteiger partial charge on any atom is -0.380 e. The molecular formula is C17H13N3. The van der Waals surface area contributed by atoms with Gasteiger partial charge >= 0.3 is 0 Å². The molecule has 0 aliphatic rings. The van der Waals surface area contributed by atoms with Crippen LogP contribution in [-0.4, -0.2) is 4.98 Å². The number of benzene rings is 2. The normalized spacial score (nSPS) is 10.2. The van der Waals surface area contributed by atoms with Crippen molar-refractivity contribution in [3.05, 3.63) is 72.1 Å². The van der Waals surface area contributed by atoms with E-state index in [0.717, 1.165) is 12.2 Å². The van der Waals surface area contributed by atoms with Crippen LogP contribution >= 0.6 is 0 Å². The summed E-state index contributed by atoms with van der Waals surface area (Å²) in [5.74, 6) is 0. The SMILES string of the molecule is N#Cc1ccc(NCc2cccc3ccccc23)cn1. The monoisotopic (exact) mass is 259 g/mol. The molecule has 3 rings (SSSR count). The fourth-order valence-corrected chi connectivity index (χ4v) is 2.21. The summed E-state index contributed by atoms with van der Waals surface area (Å²) in [6.45, 7) is 0.731. The van der Waals surface area contributed by atoms with Crippen molar-refractivity contribution >= 4 is 16.5 Å². The first-order chi connectivity index (χ1) is 9.86. The zero-order valence-corrected chi connectivity index (χ0v) is 10.9. The molecule has 3 aromatic rings. The lowest BCUT2D eigenvalue weighted by molar-refractivity contribution is 1.15. The molecule has 1 heterocycles. The van der Waals surface area contributed by atoms with E-state index < -0.39 is 0 Å². The van der Waals surface area contributed by atoms with Crippen molar-refractivity contribution in [3.8, 4) is 6.07 Å². The highest BCUT2D eigenvalue weighted by Gasteiger charge is 2.00. The maximum absolute atomic E-state index is 8.72. The molecule has 96 valence electrons. The van der Waals surface area contributed by atoms with Crippen LogP contribution in [0.3, 0.4) is 0 Å². The Bertz CT molecular complexity index is 765. The van der Waals surface area contributed by atoms with Crippen LogP contribution in [0.15, 0.2) is 60.8 Å². The van der Waals surface area contributed by atoms with Crippen molar-refractivity contribution in [2.75, 3.05) is 5.32 Å². The number of nitriles is 1. The van der Waals surface area contributed by atoms with Crippen molar-refractivity contribution in [1.82, 2.24) is 4.98 Å². The molecule has 0 unspecified atom stereocenters. The van der Waals surface area contributed by atoms with E-state index in [-0.39, 0.29) is 0 Å². The van der Waals surface area contributed by atoms with Crippen molar-refractivity contribution in [3.63, 3.8) is 0 Å². The van der Waals surface area contributed by atoms with E-state index in [0.29, 0.717) is 5.69 Å². The van der Waals surface area contributed by atoms with Gasteiger partial charge in [-0.15, -0.1) is 0 Å². The summed E-state index contributed by atoms with van der Waals surface area (Å²) in [7, 11) is 0. The van der Waals surface area contributed by atoms with Gasteiger partial charge in [0, 0.05) is 6.54 Å². The Labute approximate surface area is 117 Å². The summed E-state index contributed by atoms with van der Waals surface area (Å²) in [5.41, 5.74) is 2.59. The Morgan fingerprint density at radius 1 is 1.00 bits per heavy atom. The van der Waals surface area contributed by atoms with Gasteiger partial charge in [0.15, 0.2) is 0 Å². The van der Waals surface area contributed by atoms with Crippen LogP contribution in [-0.2, 0) is 6.54 Å². The second kappa shape index (κ2) is 5.41. The average Bonchev–Trinajstić information content (AvgIpc) is 2.53. The van der Waals surface area contributed by atoms with Gasteiger partial charge < -0.3 is 5.32 Å². The molecule has 1 aromatic heterocycles. The lowest BCUT2D eigenvalue weighted by atomic mass is 10.0. The first-order valence-electron chi connectivity index (χ1n) is 6.43. The molecule has 3 nitrogen and oxygen atoms in total. The van der Waals surface area contributed by atoms with Gasteiger partial charge in [-0.3, -0.25) is 0 Å². The van der Waals surface area contributed by atoms with Gasteiger partial charge in [0.25, 0.3) is 0 Å². The summed E-state index contributed by atoms with van der Waals surface area (Å²) in [6, 6.07) is 20.2. The van der Waals surface area contributed by atoms with Crippen LogP contribution in [0.4, 0.5) is 5.69 Å². The molecule has 0 atom stereocenters. The summed E-state index contributed by atoms with van der Waals surface area (Å²) in [6.07, 6.45) is 1.68. The maximum Gasteiger partial charge on any atom is 0.140 e. The standard InChI is InChI=1S/C17H13N3/c18-10-15-8-9-16(12-20-15)19-11-14-6-3-5-13-4-1-2-7-17(13)14/h1-9,12,19H,11H2. The number of hydrogen-bond acceptors (Lipinski definition) is 3. The zero-order valence-electron chi connectivity index (χ0n) is 10.9. The first-order valence-corrected chi connectivity index (χ1v) is 6.43. The van der Waals surface area contributed by atoms with Crippen LogP contribution in [0.25, 0.3) is 10.8 Å². The highest BCUT2D eigenvalue weighted by atomic mass is 14.9. The van der Waals surface area contributed by atoms with Crippen LogP contribution in [0.5, 0.6) is 0 Å². The smallest absolute Gasteiger partial charge is 0.140 e. The molecule has 20 heavy (non-hydrogen) atoms. The Morgan fingerprint density at radius 3 is 2.65 bits per heavy atom. The highest BCUT2D eigenvalue weighted by molar-refractivity contribution is 5.85. The predicted molar refractivity (Wildman–Crippen MR) is 80.2 cm³/mol. The van der Waals surface area contributed by atoms with E-state index in [1.165, 1.54) is 16.3 Å². The number of anilines is 1. The predicted octanol–water partition coefficient (Wildman–Crippen LogP) is 3.72. The van der Waals surface area contributed by atoms with Gasteiger partial charge in [-0.05, 0) is 28.5 Å². The van der Waals surface area contributed by atoms with Gasteiger partial charge in [0.2, 0.25) is 0 Å². The third-order valence-corrected chi connectivity index (χ3v) is 3.24. The second-order valence-electron chi connectivity index (χ2n) is 4.54. The summed E-state index contributed by atoms with van der Waals surface area (Å²) in [4.78, 5) is 4.05. The van der Waals surface area contributed by atoms with Gasteiger partial charge in [-0.2, -0.15) is 5.26 Å². The van der Waals surface area contributed by atoms with Gasteiger partial charge in [-0.1, -0.05) is 42.5 Å². The van der Waals surface area contributed by atoms with Crippen molar-refractivity contribution in [2.45, 2.75) is 6.54 Å². The number of pyridine rings is 1. The Morgan fingerprint density at radius 2 is 1.85 bits per heavy atom. The topological polar surface area (TPSA) is 48.7 Å². The minimum atomic E-state index is 0.431. The molecule has 0 saturated heterocycles. The Balaban J connectivity index is 1.81. The molecule has 0 saturated carbocycles. The summed E-state index contributed by atoms with van der Waals surface area (Å²) < 4.78 is 0. The number of nitrogens with zero attached hydrogens (tertiary/aromatic N) is 2. The van der Waals surface area contributed by atoms with E-state index in [4.69, 9.17) is 5.26 Å². The Hall–Kier alpha value is -2.86. The van der Waals surface area contributed by atoms with Crippen molar-refractivity contribution in [2.24, 2.45) is 0 Å². The van der Waals surface area contributed by atoms with E-state index in [1.54, 1.807) is 12.3 Å². The fourth-order valence-electron chi connectivity index (χ4n) is 2.21. The number of rotatable bonds is 3. The average molecular weight is 259 g/mol. The largest absolute Gasteiger partial charge is 0.380 e. The molecule has 1 N–H and O–H groups in total. The molecule has 0 spiro atoms. The summed E-state index contributed by atoms with van der Waals surface area (Å²) in [5, 5.41) is 14.5. The molecule has 0 amide bonds. The molecule has 0 aliphatic carbocycles. The number of fused-ring (bicyclic) bond motifs is 1. The molecule has 2 aromatic carbocycles. The molecule has 0 radical (unpaired) electrons. The lowest BCUT2D eigenvalue weighted by Crippen LogP contribution is -2.00. The maximum atomic E-state index is 8.72. The quantitative estimate of drug-likeness (QED) is 0.779. The van der Waals surface area contributed by atoms with Crippen LogP contribution in [0.2, 0.25) is 0 Å². The number of nitrogens with one attached hydrogen (secondary N) is 1. The molecule has 0 aliphatic heterocycles. The van der Waals surface area contributed by atoms with E-state index in [1.807, 2.05) is 18.2 Å². The molecule has 3 heteroatoms. The van der Waals surface area contributed by atoms with E-state index in [2.05, 4.69) is 46.7 Å². The van der Waals surface area contributed by atoms with E-state index in [9.17, 15) is 0 Å². The fraction of sp³-hybridized carbons (Fsp3) is 0.0588. The lowest BCUT2D eigenvalue weighted by Gasteiger charge is -2.09. The van der Waals surface area contributed by atoms with Gasteiger partial charge in [0.1, 0.15) is 11.8 Å². The summed E-state index contributed by atoms with van der Waals surface area (Å²) >= 11 is 0. The van der Waals surface area contributed by atoms with Crippen LogP contribution in [0.1, 0.15) is 11.3 Å². The number of aromatic nitrogens is 1. The molecule has 0 bridgehead atoms. The minimum absolute atomic E-state index is 0.431. The molecule has 0 fully saturated rings. The zero-order chi connectivity index (χ0) is 13.8. The molecular weight excluding hydrogens is 246 g/mol. The van der Waals surface area contributed by atoms with Crippen molar-refractivity contribution in [1.29, 1.82) is 5.26 Å². The number of hydrogen-bond donors (Lipinski definition) is 1. The third-order valence-electron chi connectivity index (χ3n) is 3.24. The highest BCUT2D eigenvalue weighted by Crippen LogP contribution is 2.19. The van der Waals surface area contributed by atoms with Gasteiger partial charge in [0.05, 0.1) is 11.9 Å².